The van der Waals surface area contributed by atoms with Gasteiger partial charge in [0, 0.05) is 36.6 Å². The normalized spacial score (nSPS) is 13.4. The van der Waals surface area contributed by atoms with Gasteiger partial charge in [0.15, 0.2) is 11.5 Å². The fourth-order valence-electron chi connectivity index (χ4n) is 4.20. The van der Waals surface area contributed by atoms with Crippen LogP contribution in [0.4, 0.5) is 22.0 Å². The van der Waals surface area contributed by atoms with Crippen LogP contribution in [0.15, 0.2) is 54.6 Å². The largest absolute Gasteiger partial charge is 0.382 e. The van der Waals surface area contributed by atoms with Crippen molar-refractivity contribution in [3.8, 4) is 11.1 Å². The van der Waals surface area contributed by atoms with Gasteiger partial charge in [-0.25, -0.2) is 14.5 Å². The predicted octanol–water partition coefficient (Wildman–Crippen LogP) is 4.80. The lowest BCUT2D eigenvalue weighted by atomic mass is 10.0. The van der Waals surface area contributed by atoms with Crippen molar-refractivity contribution in [2.75, 3.05) is 30.5 Å². The van der Waals surface area contributed by atoms with Crippen LogP contribution in [0, 0.1) is 0 Å². The average Bonchev–Trinajstić information content (AvgIpc) is 3.61. The zero-order valence-corrected chi connectivity index (χ0v) is 19.7. The molecule has 1 aliphatic rings. The van der Waals surface area contributed by atoms with Crippen molar-refractivity contribution in [1.29, 1.82) is 0 Å². The fraction of sp³-hybridized carbons (Fsp3) is 0.269. The molecule has 0 saturated heterocycles. The second-order valence-corrected chi connectivity index (χ2v) is 9.17. The minimum Gasteiger partial charge on any atom is -0.382 e. The van der Waals surface area contributed by atoms with Crippen LogP contribution >= 0.6 is 0 Å². The van der Waals surface area contributed by atoms with Crippen LogP contribution in [0.3, 0.4) is 0 Å². The average molecular weight is 456 g/mol. The highest BCUT2D eigenvalue weighted by molar-refractivity contribution is 6.02. The van der Waals surface area contributed by atoms with Crippen LogP contribution in [0.25, 0.3) is 22.2 Å². The molecule has 1 saturated carbocycles. The summed E-state index contributed by atoms with van der Waals surface area (Å²) in [5.74, 6) is 0.987. The molecule has 8 nitrogen and oxygen atoms in total. The predicted molar refractivity (Wildman–Crippen MR) is 137 cm³/mol. The fourth-order valence-corrected chi connectivity index (χ4v) is 4.20. The zero-order valence-electron chi connectivity index (χ0n) is 19.7. The third kappa shape index (κ3) is 4.58. The number of nitrogens with zero attached hydrogens (tertiary/aromatic N) is 4. The Morgan fingerprint density at radius 3 is 2.26 bits per heavy atom. The topological polar surface area (TPSA) is 101 Å². The number of pyridine rings is 1. The number of carbonyl (C=O) groups excluding carboxylic acids is 1. The Balaban J connectivity index is 1.32. The third-order valence-electron chi connectivity index (χ3n) is 6.00. The van der Waals surface area contributed by atoms with Crippen LogP contribution in [0.5, 0.6) is 0 Å². The summed E-state index contributed by atoms with van der Waals surface area (Å²) in [4.78, 5) is 19.4. The molecule has 0 spiro atoms. The van der Waals surface area contributed by atoms with E-state index in [1.54, 1.807) is 4.68 Å². The van der Waals surface area contributed by atoms with Crippen molar-refractivity contribution >= 4 is 34.3 Å². The molecule has 1 aliphatic carbocycles. The number of fused-ring (bicyclic) bond motifs is 1. The van der Waals surface area contributed by atoms with E-state index < -0.39 is 0 Å². The summed E-state index contributed by atoms with van der Waals surface area (Å²) in [6.45, 7) is 0.857. The van der Waals surface area contributed by atoms with Gasteiger partial charge < -0.3 is 21.3 Å². The number of nitrogens with one attached hydrogen (secondary N) is 2. The maximum atomic E-state index is 12.5. The molecule has 0 bridgehead atoms. The summed E-state index contributed by atoms with van der Waals surface area (Å²) >= 11 is 0. The lowest BCUT2D eigenvalue weighted by molar-refractivity contribution is 0.262. The van der Waals surface area contributed by atoms with Crippen LogP contribution in [-0.2, 0) is 13.6 Å². The van der Waals surface area contributed by atoms with E-state index >= 15 is 0 Å². The number of aryl methyl sites for hydroxylation is 1. The Morgan fingerprint density at radius 2 is 1.68 bits per heavy atom. The Morgan fingerprint density at radius 1 is 1.06 bits per heavy atom. The van der Waals surface area contributed by atoms with E-state index in [2.05, 4.69) is 26.7 Å². The number of amides is 2. The first-order valence-corrected chi connectivity index (χ1v) is 11.4. The quantitative estimate of drug-likeness (QED) is 0.388. The van der Waals surface area contributed by atoms with Crippen molar-refractivity contribution in [2.24, 2.45) is 7.05 Å². The Hall–Kier alpha value is -3.91. The van der Waals surface area contributed by atoms with E-state index in [9.17, 15) is 4.79 Å². The number of anilines is 3. The summed E-state index contributed by atoms with van der Waals surface area (Å²) < 4.78 is 1.74. The van der Waals surface area contributed by atoms with E-state index in [1.165, 1.54) is 18.4 Å². The van der Waals surface area contributed by atoms with Crippen LogP contribution in [0.1, 0.15) is 30.0 Å². The molecular formula is C26H29N7O. The maximum absolute atomic E-state index is 12.5. The zero-order chi connectivity index (χ0) is 23.8. The smallest absolute Gasteiger partial charge is 0.323 e. The van der Waals surface area contributed by atoms with Crippen LogP contribution in [0.2, 0.25) is 0 Å². The molecule has 34 heavy (non-hydrogen) atoms. The molecule has 5 rings (SSSR count). The molecule has 4 N–H and O–H groups in total. The first kappa shape index (κ1) is 21.9. The molecule has 2 aromatic heterocycles. The number of urea groups is 1. The number of nitrogen functional groups attached to an aromatic ring is 1. The Kier molecular flexibility index (Phi) is 5.67. The minimum atomic E-state index is -0.285. The molecule has 174 valence electrons. The third-order valence-corrected chi connectivity index (χ3v) is 6.00. The van der Waals surface area contributed by atoms with Gasteiger partial charge >= 0.3 is 6.03 Å². The minimum absolute atomic E-state index is 0.285. The highest BCUT2D eigenvalue weighted by Gasteiger charge is 2.27. The number of nitrogens with two attached hydrogens (primary N) is 1. The van der Waals surface area contributed by atoms with Gasteiger partial charge in [0.2, 0.25) is 0 Å². The second-order valence-electron chi connectivity index (χ2n) is 9.17. The highest BCUT2D eigenvalue weighted by Crippen LogP contribution is 2.42. The monoisotopic (exact) mass is 455 g/mol. The van der Waals surface area contributed by atoms with Gasteiger partial charge in [-0.2, -0.15) is 5.10 Å². The number of carbonyl (C=O) groups is 1. The number of benzene rings is 2. The SMILES string of the molecule is CN(C)Cc1ccc(NC(=O)Nc2ccc(-c3cc(C4CC4)nc4c3c(N)nn4C)cc2)cc1. The number of aromatic nitrogens is 3. The van der Waals surface area contributed by atoms with Gasteiger partial charge in [0.25, 0.3) is 0 Å². The number of hydrogen-bond donors (Lipinski definition) is 3. The number of hydrogen-bond acceptors (Lipinski definition) is 5. The molecule has 0 radical (unpaired) electrons. The molecule has 4 aromatic rings. The Bertz CT molecular complexity index is 1340. The van der Waals surface area contributed by atoms with Gasteiger partial charge in [-0.15, -0.1) is 0 Å². The molecule has 8 heteroatoms. The summed E-state index contributed by atoms with van der Waals surface area (Å²) in [5.41, 5.74) is 12.8. The van der Waals surface area contributed by atoms with Crippen molar-refractivity contribution in [3.63, 3.8) is 0 Å². The molecule has 0 aliphatic heterocycles. The van der Waals surface area contributed by atoms with Crippen molar-refractivity contribution in [2.45, 2.75) is 25.3 Å². The maximum Gasteiger partial charge on any atom is 0.323 e. The van der Waals surface area contributed by atoms with E-state index in [4.69, 9.17) is 10.7 Å². The van der Waals surface area contributed by atoms with E-state index in [1.807, 2.05) is 69.7 Å². The van der Waals surface area contributed by atoms with E-state index in [0.717, 1.165) is 40.1 Å². The summed E-state index contributed by atoms with van der Waals surface area (Å²) in [7, 11) is 5.92. The molecule has 1 fully saturated rings. The van der Waals surface area contributed by atoms with Gasteiger partial charge in [-0.3, -0.25) is 0 Å². The van der Waals surface area contributed by atoms with Crippen molar-refractivity contribution < 1.29 is 4.79 Å². The van der Waals surface area contributed by atoms with Gasteiger partial charge in [-0.1, -0.05) is 24.3 Å². The van der Waals surface area contributed by atoms with Gasteiger partial charge in [0.05, 0.1) is 5.39 Å². The molecule has 2 aromatic carbocycles. The standard InChI is InChI=1S/C26H29N7O/c1-32(2)15-16-4-10-19(11-5-16)28-26(34)29-20-12-8-17(9-13-20)21-14-22(18-6-7-18)30-25-23(21)24(27)31-33(25)3/h4-5,8-14,18H,6-7,15H2,1-3H3,(H2,27,31)(H2,28,29,34). The van der Waals surface area contributed by atoms with E-state index in [0.29, 0.717) is 17.4 Å². The van der Waals surface area contributed by atoms with Crippen LogP contribution < -0.4 is 16.4 Å². The first-order chi connectivity index (χ1) is 16.4. The first-order valence-electron chi connectivity index (χ1n) is 11.4. The van der Waals surface area contributed by atoms with Gasteiger partial charge in [-0.05, 0) is 74.0 Å². The Labute approximate surface area is 198 Å². The van der Waals surface area contributed by atoms with Gasteiger partial charge in [0.1, 0.15) is 0 Å². The molecule has 2 heterocycles. The lowest BCUT2D eigenvalue weighted by Crippen LogP contribution is -2.19. The molecular weight excluding hydrogens is 426 g/mol. The van der Waals surface area contributed by atoms with E-state index in [-0.39, 0.29) is 6.03 Å². The van der Waals surface area contributed by atoms with Crippen LogP contribution in [-0.4, -0.2) is 39.8 Å². The molecule has 0 atom stereocenters. The summed E-state index contributed by atoms with van der Waals surface area (Å²) in [6, 6.07) is 17.5. The summed E-state index contributed by atoms with van der Waals surface area (Å²) in [6.07, 6.45) is 2.34. The number of rotatable bonds is 6. The molecule has 0 unspecified atom stereocenters. The van der Waals surface area contributed by atoms with Crippen molar-refractivity contribution in [1.82, 2.24) is 19.7 Å². The van der Waals surface area contributed by atoms with Crippen molar-refractivity contribution in [3.05, 3.63) is 65.9 Å². The second kappa shape index (κ2) is 8.79. The highest BCUT2D eigenvalue weighted by atomic mass is 16.2. The molecule has 2 amide bonds. The lowest BCUT2D eigenvalue weighted by Gasteiger charge is -2.12. The summed E-state index contributed by atoms with van der Waals surface area (Å²) in [5, 5.41) is 11.0.